The van der Waals surface area contributed by atoms with Crippen LogP contribution in [0.5, 0.6) is 0 Å². The Morgan fingerprint density at radius 1 is 1.11 bits per heavy atom. The fourth-order valence-electron chi connectivity index (χ4n) is 1.62. The average molecular weight is 311 g/mol. The van der Waals surface area contributed by atoms with Gasteiger partial charge in [-0.25, -0.2) is 0 Å². The maximum Gasteiger partial charge on any atom is 0.123 e. The molecule has 0 unspecified atom stereocenters. The van der Waals surface area contributed by atoms with E-state index in [2.05, 4.69) is 0 Å². The number of nitrogen functional groups attached to an aromatic ring is 1. The summed E-state index contributed by atoms with van der Waals surface area (Å²) in [6.45, 7) is 1.97. The lowest BCUT2D eigenvalue weighted by Crippen LogP contribution is -2.12. The molecule has 98 valence electrons. The SMILES string of the molecule is Cc1ccc(Sc2cc(Cl)ccc2Cl)c(C(=N)N)c1. The molecule has 0 saturated carbocycles. The lowest BCUT2D eigenvalue weighted by atomic mass is 10.1. The zero-order valence-corrected chi connectivity index (χ0v) is 12.5. The van der Waals surface area contributed by atoms with Crippen molar-refractivity contribution in [2.45, 2.75) is 16.7 Å². The van der Waals surface area contributed by atoms with Gasteiger partial charge in [0.2, 0.25) is 0 Å². The Labute approximate surface area is 126 Å². The molecule has 19 heavy (non-hydrogen) atoms. The van der Waals surface area contributed by atoms with Gasteiger partial charge in [0, 0.05) is 20.4 Å². The predicted octanol–water partition coefficient (Wildman–Crippen LogP) is 4.74. The fraction of sp³-hybridized carbons (Fsp3) is 0.0714. The summed E-state index contributed by atoms with van der Waals surface area (Å²) in [7, 11) is 0. The number of hydrogen-bond acceptors (Lipinski definition) is 2. The van der Waals surface area contributed by atoms with Gasteiger partial charge >= 0.3 is 0 Å². The lowest BCUT2D eigenvalue weighted by molar-refractivity contribution is 1.30. The van der Waals surface area contributed by atoms with Gasteiger partial charge in [-0.3, -0.25) is 5.41 Å². The molecule has 0 aliphatic rings. The van der Waals surface area contributed by atoms with Crippen molar-refractivity contribution >= 4 is 40.8 Å². The molecule has 2 aromatic rings. The molecule has 0 saturated heterocycles. The van der Waals surface area contributed by atoms with E-state index in [9.17, 15) is 0 Å². The van der Waals surface area contributed by atoms with Crippen LogP contribution in [0.3, 0.4) is 0 Å². The Bertz CT molecular complexity index is 641. The van der Waals surface area contributed by atoms with E-state index in [-0.39, 0.29) is 5.84 Å². The zero-order chi connectivity index (χ0) is 14.0. The minimum absolute atomic E-state index is 0.0457. The van der Waals surface area contributed by atoms with Gasteiger partial charge in [-0.2, -0.15) is 0 Å². The summed E-state index contributed by atoms with van der Waals surface area (Å²) in [4.78, 5) is 1.74. The van der Waals surface area contributed by atoms with E-state index in [1.54, 1.807) is 18.2 Å². The van der Waals surface area contributed by atoms with Gasteiger partial charge < -0.3 is 5.73 Å². The first-order chi connectivity index (χ1) is 8.97. The molecule has 0 spiro atoms. The third kappa shape index (κ3) is 3.44. The van der Waals surface area contributed by atoms with Crippen LogP contribution in [0.15, 0.2) is 46.2 Å². The van der Waals surface area contributed by atoms with Crippen molar-refractivity contribution in [1.82, 2.24) is 0 Å². The first kappa shape index (κ1) is 14.3. The Balaban J connectivity index is 2.43. The Morgan fingerprint density at radius 2 is 1.84 bits per heavy atom. The van der Waals surface area contributed by atoms with Gasteiger partial charge in [0.1, 0.15) is 5.84 Å². The number of halogens is 2. The smallest absolute Gasteiger partial charge is 0.123 e. The minimum atomic E-state index is 0.0457. The minimum Gasteiger partial charge on any atom is -0.384 e. The highest BCUT2D eigenvalue weighted by Crippen LogP contribution is 2.36. The van der Waals surface area contributed by atoms with Crippen molar-refractivity contribution in [3.8, 4) is 0 Å². The highest BCUT2D eigenvalue weighted by Gasteiger charge is 2.10. The molecule has 0 aliphatic carbocycles. The predicted molar refractivity (Wildman–Crippen MR) is 82.8 cm³/mol. The molecule has 3 N–H and O–H groups in total. The summed E-state index contributed by atoms with van der Waals surface area (Å²) < 4.78 is 0. The normalized spacial score (nSPS) is 10.5. The van der Waals surface area contributed by atoms with Crippen molar-refractivity contribution in [1.29, 1.82) is 5.41 Å². The quantitative estimate of drug-likeness (QED) is 0.635. The fourth-order valence-corrected chi connectivity index (χ4v) is 3.09. The van der Waals surface area contributed by atoms with Gasteiger partial charge in [0.15, 0.2) is 0 Å². The van der Waals surface area contributed by atoms with E-state index >= 15 is 0 Å². The standard InChI is InChI=1S/C14H12Cl2N2S/c1-8-2-5-12(10(6-8)14(17)18)19-13-7-9(15)3-4-11(13)16/h2-7H,1H3,(H3,17,18). The highest BCUT2D eigenvalue weighted by atomic mass is 35.5. The summed E-state index contributed by atoms with van der Waals surface area (Å²) in [6.07, 6.45) is 0. The molecule has 0 aliphatic heterocycles. The second-order valence-corrected chi connectivity index (χ2v) is 6.02. The van der Waals surface area contributed by atoms with E-state index in [0.717, 1.165) is 15.4 Å². The maximum atomic E-state index is 7.64. The maximum absolute atomic E-state index is 7.64. The van der Waals surface area contributed by atoms with E-state index in [4.69, 9.17) is 34.3 Å². The number of aryl methyl sites for hydroxylation is 1. The van der Waals surface area contributed by atoms with Crippen molar-refractivity contribution < 1.29 is 0 Å². The molecule has 0 fully saturated rings. The van der Waals surface area contributed by atoms with E-state index in [1.165, 1.54) is 11.8 Å². The number of benzene rings is 2. The summed E-state index contributed by atoms with van der Waals surface area (Å²) in [5.41, 5.74) is 7.39. The van der Waals surface area contributed by atoms with Gasteiger partial charge in [-0.05, 0) is 37.3 Å². The number of rotatable bonds is 3. The second kappa shape index (κ2) is 5.87. The number of nitrogens with one attached hydrogen (secondary N) is 1. The van der Waals surface area contributed by atoms with Crippen molar-refractivity contribution in [3.63, 3.8) is 0 Å². The van der Waals surface area contributed by atoms with Crippen LogP contribution in [0, 0.1) is 12.3 Å². The molecule has 0 amide bonds. The van der Waals surface area contributed by atoms with Crippen molar-refractivity contribution in [2.75, 3.05) is 0 Å². The Hall–Kier alpha value is -1.16. The summed E-state index contributed by atoms with van der Waals surface area (Å²) in [5, 5.41) is 8.90. The number of amidine groups is 1. The summed E-state index contributed by atoms with van der Waals surface area (Å²) in [5.74, 6) is 0.0457. The molecule has 0 radical (unpaired) electrons. The average Bonchev–Trinajstić information content (AvgIpc) is 2.35. The van der Waals surface area contributed by atoms with Crippen LogP contribution in [0.2, 0.25) is 10.0 Å². The molecule has 2 aromatic carbocycles. The van der Waals surface area contributed by atoms with E-state index in [1.807, 2.05) is 25.1 Å². The largest absolute Gasteiger partial charge is 0.384 e. The molecule has 0 bridgehead atoms. The molecular formula is C14H12Cl2N2S. The zero-order valence-electron chi connectivity index (χ0n) is 10.2. The molecule has 0 heterocycles. The first-order valence-electron chi connectivity index (χ1n) is 5.55. The summed E-state index contributed by atoms with van der Waals surface area (Å²) in [6, 6.07) is 11.1. The topological polar surface area (TPSA) is 49.9 Å². The second-order valence-electron chi connectivity index (χ2n) is 4.09. The van der Waals surface area contributed by atoms with Crippen molar-refractivity contribution in [3.05, 3.63) is 57.6 Å². The van der Waals surface area contributed by atoms with Crippen LogP contribution in [0.4, 0.5) is 0 Å². The van der Waals surface area contributed by atoms with Crippen LogP contribution < -0.4 is 5.73 Å². The van der Waals surface area contributed by atoms with Crippen molar-refractivity contribution in [2.24, 2.45) is 5.73 Å². The Kier molecular flexibility index (Phi) is 4.40. The van der Waals surface area contributed by atoms with Crippen LogP contribution >= 0.6 is 35.0 Å². The van der Waals surface area contributed by atoms with Crippen LogP contribution in [-0.4, -0.2) is 5.84 Å². The molecule has 2 rings (SSSR count). The monoisotopic (exact) mass is 310 g/mol. The molecule has 5 heteroatoms. The Morgan fingerprint density at radius 3 is 2.53 bits per heavy atom. The van der Waals surface area contributed by atoms with Gasteiger partial charge in [-0.1, -0.05) is 46.6 Å². The number of hydrogen-bond donors (Lipinski definition) is 2. The first-order valence-corrected chi connectivity index (χ1v) is 7.12. The molecular weight excluding hydrogens is 299 g/mol. The summed E-state index contributed by atoms with van der Waals surface area (Å²) >= 11 is 13.6. The lowest BCUT2D eigenvalue weighted by Gasteiger charge is -2.10. The highest BCUT2D eigenvalue weighted by molar-refractivity contribution is 7.99. The van der Waals surface area contributed by atoms with Gasteiger partial charge in [0.05, 0.1) is 5.02 Å². The van der Waals surface area contributed by atoms with Crippen LogP contribution in [-0.2, 0) is 0 Å². The van der Waals surface area contributed by atoms with Gasteiger partial charge in [-0.15, -0.1) is 0 Å². The molecule has 0 atom stereocenters. The number of nitrogens with two attached hydrogens (primary N) is 1. The third-order valence-corrected chi connectivity index (χ3v) is 4.35. The van der Waals surface area contributed by atoms with Crippen LogP contribution in [0.25, 0.3) is 0 Å². The van der Waals surface area contributed by atoms with E-state index in [0.29, 0.717) is 15.6 Å². The van der Waals surface area contributed by atoms with E-state index < -0.39 is 0 Å². The third-order valence-electron chi connectivity index (χ3n) is 2.54. The van der Waals surface area contributed by atoms with Gasteiger partial charge in [0.25, 0.3) is 0 Å². The molecule has 2 nitrogen and oxygen atoms in total. The molecule has 0 aromatic heterocycles. The van der Waals surface area contributed by atoms with Crippen LogP contribution in [0.1, 0.15) is 11.1 Å².